The number of unbranched alkanes of at least 4 members (excludes halogenated alkanes) is 1. The predicted molar refractivity (Wildman–Crippen MR) is 142 cm³/mol. The van der Waals surface area contributed by atoms with E-state index in [1.807, 2.05) is 24.3 Å². The van der Waals surface area contributed by atoms with Gasteiger partial charge in [-0.1, -0.05) is 61.8 Å². The van der Waals surface area contributed by atoms with Crippen LogP contribution in [0.1, 0.15) is 54.4 Å². The van der Waals surface area contributed by atoms with Crippen molar-refractivity contribution in [2.45, 2.75) is 45.6 Å². The Hall–Kier alpha value is -3.31. The molecule has 5 nitrogen and oxygen atoms in total. The van der Waals surface area contributed by atoms with Crippen molar-refractivity contribution in [2.24, 2.45) is 0 Å². The first-order valence-electron chi connectivity index (χ1n) is 12.2. The fraction of sp³-hybridized carbons (Fsp3) is 0.310. The highest BCUT2D eigenvalue weighted by molar-refractivity contribution is 6.30. The Kier molecular flexibility index (Phi) is 8.43. The Labute approximate surface area is 212 Å². The molecule has 0 atom stereocenters. The minimum atomic E-state index is -0.131. The number of imidazole rings is 1. The van der Waals surface area contributed by atoms with E-state index < -0.39 is 0 Å². The van der Waals surface area contributed by atoms with Gasteiger partial charge >= 0.3 is 0 Å². The summed E-state index contributed by atoms with van der Waals surface area (Å²) in [4.78, 5) is 17.3. The number of aryl methyl sites for hydroxylation is 1. The van der Waals surface area contributed by atoms with Crippen LogP contribution in [0.5, 0.6) is 5.75 Å². The van der Waals surface area contributed by atoms with Crippen LogP contribution >= 0.6 is 11.6 Å². The molecule has 4 rings (SSSR count). The van der Waals surface area contributed by atoms with Crippen molar-refractivity contribution < 1.29 is 9.53 Å². The lowest BCUT2D eigenvalue weighted by molar-refractivity contribution is 0.0954. The van der Waals surface area contributed by atoms with E-state index in [1.165, 1.54) is 5.56 Å². The largest absolute Gasteiger partial charge is 0.493 e. The van der Waals surface area contributed by atoms with Crippen molar-refractivity contribution >= 4 is 28.5 Å². The fourth-order valence-electron chi connectivity index (χ4n) is 4.23. The molecule has 1 amide bonds. The molecule has 0 aliphatic carbocycles. The standard InChI is InChI=1S/C29H32ClN3O2/c1-21(2)24-12-3-6-15-27(24)35-19-8-7-18-33-26-14-5-4-13-25(26)32-28(33)16-17-31-29(34)22-10-9-11-23(30)20-22/h3-6,9-15,20-21H,7-8,16-19H2,1-2H3,(H,31,34). The molecule has 0 saturated carbocycles. The van der Waals surface area contributed by atoms with Crippen LogP contribution < -0.4 is 10.1 Å². The van der Waals surface area contributed by atoms with Gasteiger partial charge in [0.15, 0.2) is 0 Å². The monoisotopic (exact) mass is 489 g/mol. The SMILES string of the molecule is CC(C)c1ccccc1OCCCCn1c(CCNC(=O)c2cccc(Cl)c2)nc2ccccc21. The number of halogens is 1. The number of rotatable bonds is 11. The molecule has 0 saturated heterocycles. The molecule has 1 aromatic heterocycles. The number of carbonyl (C=O) groups excluding carboxylic acids is 1. The van der Waals surface area contributed by atoms with Gasteiger partial charge in [0, 0.05) is 30.1 Å². The highest BCUT2D eigenvalue weighted by Crippen LogP contribution is 2.26. The van der Waals surface area contributed by atoms with Gasteiger partial charge in [-0.15, -0.1) is 0 Å². The zero-order valence-electron chi connectivity index (χ0n) is 20.3. The number of carbonyl (C=O) groups is 1. The fourth-order valence-corrected chi connectivity index (χ4v) is 4.42. The number of amides is 1. The van der Waals surface area contributed by atoms with Gasteiger partial charge in [-0.3, -0.25) is 4.79 Å². The van der Waals surface area contributed by atoms with Gasteiger partial charge in [-0.25, -0.2) is 4.98 Å². The summed E-state index contributed by atoms with van der Waals surface area (Å²) in [7, 11) is 0. The lowest BCUT2D eigenvalue weighted by atomic mass is 10.0. The highest BCUT2D eigenvalue weighted by atomic mass is 35.5. The van der Waals surface area contributed by atoms with E-state index in [0.717, 1.165) is 42.0 Å². The van der Waals surface area contributed by atoms with E-state index in [-0.39, 0.29) is 5.91 Å². The summed E-state index contributed by atoms with van der Waals surface area (Å²) in [5.74, 6) is 2.26. The molecule has 182 valence electrons. The maximum Gasteiger partial charge on any atom is 0.251 e. The Morgan fingerprint density at radius 2 is 1.83 bits per heavy atom. The van der Waals surface area contributed by atoms with Gasteiger partial charge in [-0.2, -0.15) is 0 Å². The average molecular weight is 490 g/mol. The zero-order chi connectivity index (χ0) is 24.6. The van der Waals surface area contributed by atoms with Crippen molar-refractivity contribution in [2.75, 3.05) is 13.2 Å². The van der Waals surface area contributed by atoms with Crippen LogP contribution in [0, 0.1) is 0 Å². The summed E-state index contributed by atoms with van der Waals surface area (Å²) in [5, 5.41) is 3.54. The minimum absolute atomic E-state index is 0.131. The first-order valence-corrected chi connectivity index (χ1v) is 12.6. The maximum absolute atomic E-state index is 12.5. The zero-order valence-corrected chi connectivity index (χ0v) is 21.1. The summed E-state index contributed by atoms with van der Waals surface area (Å²) < 4.78 is 8.36. The van der Waals surface area contributed by atoms with Crippen LogP contribution in [0.25, 0.3) is 11.0 Å². The predicted octanol–water partition coefficient (Wildman–Crippen LogP) is 6.64. The molecule has 0 aliphatic rings. The second kappa shape index (κ2) is 11.9. The molecule has 35 heavy (non-hydrogen) atoms. The molecule has 1 heterocycles. The third-order valence-corrected chi connectivity index (χ3v) is 6.26. The van der Waals surface area contributed by atoms with Crippen LogP contribution in [0.3, 0.4) is 0 Å². The topological polar surface area (TPSA) is 56.1 Å². The van der Waals surface area contributed by atoms with E-state index in [0.29, 0.717) is 36.1 Å². The first-order chi connectivity index (χ1) is 17.0. The quantitative estimate of drug-likeness (QED) is 0.240. The van der Waals surface area contributed by atoms with Crippen molar-refractivity contribution in [1.29, 1.82) is 0 Å². The molecule has 6 heteroatoms. The van der Waals surface area contributed by atoms with Gasteiger partial charge < -0.3 is 14.6 Å². The molecule has 0 unspecified atom stereocenters. The second-order valence-corrected chi connectivity index (χ2v) is 9.37. The third-order valence-electron chi connectivity index (χ3n) is 6.03. The smallest absolute Gasteiger partial charge is 0.251 e. The van der Waals surface area contributed by atoms with Crippen LogP contribution in [-0.4, -0.2) is 28.6 Å². The van der Waals surface area contributed by atoms with E-state index in [2.05, 4.69) is 48.0 Å². The molecule has 0 bridgehead atoms. The number of fused-ring (bicyclic) bond motifs is 1. The molecule has 4 aromatic rings. The van der Waals surface area contributed by atoms with Crippen molar-refractivity contribution in [3.8, 4) is 5.75 Å². The van der Waals surface area contributed by atoms with E-state index in [4.69, 9.17) is 21.3 Å². The number of hydrogen-bond donors (Lipinski definition) is 1. The molecule has 0 aliphatic heterocycles. The molecule has 3 aromatic carbocycles. The Morgan fingerprint density at radius 3 is 2.66 bits per heavy atom. The number of nitrogens with one attached hydrogen (secondary N) is 1. The Morgan fingerprint density at radius 1 is 1.03 bits per heavy atom. The molecule has 0 radical (unpaired) electrons. The minimum Gasteiger partial charge on any atom is -0.493 e. The summed E-state index contributed by atoms with van der Waals surface area (Å²) in [6, 6.07) is 23.4. The van der Waals surface area contributed by atoms with Crippen LogP contribution in [-0.2, 0) is 13.0 Å². The lowest BCUT2D eigenvalue weighted by Gasteiger charge is -2.14. The number of para-hydroxylation sites is 3. The van der Waals surface area contributed by atoms with Crippen molar-refractivity contribution in [3.05, 3.63) is 94.8 Å². The molecular weight excluding hydrogens is 458 g/mol. The lowest BCUT2D eigenvalue weighted by Crippen LogP contribution is -2.26. The number of hydrogen-bond acceptors (Lipinski definition) is 3. The van der Waals surface area contributed by atoms with E-state index in [1.54, 1.807) is 24.3 Å². The Bertz CT molecular complexity index is 1280. The normalized spacial score (nSPS) is 11.2. The summed E-state index contributed by atoms with van der Waals surface area (Å²) in [6.07, 6.45) is 2.58. The average Bonchev–Trinajstić information content (AvgIpc) is 3.21. The van der Waals surface area contributed by atoms with E-state index >= 15 is 0 Å². The number of nitrogens with zero attached hydrogens (tertiary/aromatic N) is 2. The van der Waals surface area contributed by atoms with Gasteiger partial charge in [0.1, 0.15) is 11.6 Å². The second-order valence-electron chi connectivity index (χ2n) is 8.93. The van der Waals surface area contributed by atoms with Gasteiger partial charge in [0.05, 0.1) is 17.6 Å². The molecule has 0 fully saturated rings. The number of benzene rings is 3. The van der Waals surface area contributed by atoms with Crippen LogP contribution in [0.2, 0.25) is 5.02 Å². The maximum atomic E-state index is 12.5. The molecular formula is C29H32ClN3O2. The van der Waals surface area contributed by atoms with Crippen LogP contribution in [0.4, 0.5) is 0 Å². The first kappa shape index (κ1) is 24.8. The van der Waals surface area contributed by atoms with E-state index in [9.17, 15) is 4.79 Å². The van der Waals surface area contributed by atoms with Crippen molar-refractivity contribution in [1.82, 2.24) is 14.9 Å². The summed E-state index contributed by atoms with van der Waals surface area (Å²) >= 11 is 6.01. The molecule has 0 spiro atoms. The van der Waals surface area contributed by atoms with Gasteiger partial charge in [0.25, 0.3) is 5.91 Å². The third kappa shape index (κ3) is 6.43. The number of ether oxygens (including phenoxy) is 1. The van der Waals surface area contributed by atoms with Gasteiger partial charge in [-0.05, 0) is 60.7 Å². The summed E-state index contributed by atoms with van der Waals surface area (Å²) in [6.45, 7) is 6.41. The number of aromatic nitrogens is 2. The highest BCUT2D eigenvalue weighted by Gasteiger charge is 2.12. The van der Waals surface area contributed by atoms with Crippen molar-refractivity contribution in [3.63, 3.8) is 0 Å². The van der Waals surface area contributed by atoms with Gasteiger partial charge in [0.2, 0.25) is 0 Å². The summed E-state index contributed by atoms with van der Waals surface area (Å²) in [5.41, 5.74) is 3.90. The molecule has 1 N–H and O–H groups in total. The van der Waals surface area contributed by atoms with Crippen LogP contribution in [0.15, 0.2) is 72.8 Å². The Balaban J connectivity index is 1.34.